The van der Waals surface area contributed by atoms with Crippen LogP contribution in [0.3, 0.4) is 0 Å². The average molecular weight is 467 g/mol. The summed E-state index contributed by atoms with van der Waals surface area (Å²) in [7, 11) is 0. The Morgan fingerprint density at radius 3 is 2.87 bits per heavy atom. The molecule has 1 atom stereocenters. The maximum atomic E-state index is 12.4. The smallest absolute Gasteiger partial charge is 0.414 e. The van der Waals surface area contributed by atoms with E-state index in [1.807, 2.05) is 12.1 Å². The van der Waals surface area contributed by atoms with E-state index in [1.54, 1.807) is 18.2 Å². The van der Waals surface area contributed by atoms with Crippen molar-refractivity contribution in [1.82, 2.24) is 10.2 Å². The lowest BCUT2D eigenvalue weighted by atomic mass is 10.1. The Hall–Kier alpha value is -2.29. The summed E-state index contributed by atoms with van der Waals surface area (Å²) in [6.07, 6.45) is -0.921. The predicted octanol–water partition coefficient (Wildman–Crippen LogP) is 3.89. The molecule has 0 bridgehead atoms. The molecule has 2 aliphatic heterocycles. The third kappa shape index (κ3) is 4.26. The number of nitrogens with zero attached hydrogens (tertiary/aromatic N) is 3. The maximum absolute atomic E-state index is 12.4. The van der Waals surface area contributed by atoms with Gasteiger partial charge in [0.15, 0.2) is 0 Å². The fraction of sp³-hybridized carbons (Fsp3) is 0.350. The highest BCUT2D eigenvalue weighted by atomic mass is 35.5. The van der Waals surface area contributed by atoms with Crippen LogP contribution in [0.2, 0.25) is 9.36 Å². The second-order valence-corrected chi connectivity index (χ2v) is 9.00. The van der Waals surface area contributed by atoms with E-state index in [4.69, 9.17) is 27.9 Å². The van der Waals surface area contributed by atoms with Crippen LogP contribution in [0.25, 0.3) is 0 Å². The van der Waals surface area contributed by atoms with Gasteiger partial charge in [-0.1, -0.05) is 23.2 Å². The van der Waals surface area contributed by atoms with Gasteiger partial charge in [-0.05, 0) is 37.3 Å². The first-order valence-electron chi connectivity index (χ1n) is 9.57. The molecule has 0 spiro atoms. The van der Waals surface area contributed by atoms with Gasteiger partial charge in [0, 0.05) is 24.3 Å². The number of likely N-dealkylation sites (N-methyl/N-ethyl adjacent to an activating group) is 1. The molecular weight excluding hydrogens is 447 g/mol. The Balaban J connectivity index is 1.40. The summed E-state index contributed by atoms with van der Waals surface area (Å²) in [4.78, 5) is 33.3. The molecule has 0 radical (unpaired) electrons. The minimum Gasteiger partial charge on any atom is -0.442 e. The molecule has 2 aliphatic rings. The Morgan fingerprint density at radius 2 is 2.17 bits per heavy atom. The van der Waals surface area contributed by atoms with Crippen molar-refractivity contribution in [3.63, 3.8) is 0 Å². The number of thiophene rings is 1. The van der Waals surface area contributed by atoms with Gasteiger partial charge in [-0.15, -0.1) is 11.3 Å². The molecule has 0 unspecified atom stereocenters. The summed E-state index contributed by atoms with van der Waals surface area (Å²) in [5, 5.41) is 3.31. The van der Waals surface area contributed by atoms with E-state index in [-0.39, 0.29) is 12.5 Å². The molecular formula is C20H20Cl2N4O3S. The molecule has 7 nitrogen and oxygen atoms in total. The molecule has 0 saturated carbocycles. The number of amides is 2. The lowest BCUT2D eigenvalue weighted by molar-refractivity contribution is 0.0920. The van der Waals surface area contributed by atoms with Gasteiger partial charge in [-0.25, -0.2) is 4.79 Å². The van der Waals surface area contributed by atoms with Gasteiger partial charge in [-0.2, -0.15) is 0 Å². The van der Waals surface area contributed by atoms with E-state index < -0.39 is 12.2 Å². The van der Waals surface area contributed by atoms with Crippen LogP contribution in [-0.2, 0) is 4.74 Å². The van der Waals surface area contributed by atoms with Crippen LogP contribution in [-0.4, -0.2) is 61.6 Å². The van der Waals surface area contributed by atoms with Crippen molar-refractivity contribution in [3.8, 4) is 0 Å². The van der Waals surface area contributed by atoms with Crippen LogP contribution >= 0.6 is 34.5 Å². The number of halogens is 2. The first kappa shape index (κ1) is 21.0. The number of rotatable bonds is 6. The van der Waals surface area contributed by atoms with Crippen LogP contribution in [0.15, 0.2) is 35.3 Å². The molecule has 1 fully saturated rings. The van der Waals surface area contributed by atoms with Crippen molar-refractivity contribution >= 4 is 58.1 Å². The lowest BCUT2D eigenvalue weighted by Gasteiger charge is -2.20. The number of hydrogen-bond acceptors (Lipinski definition) is 6. The molecule has 2 aromatic rings. The average Bonchev–Trinajstić information content (AvgIpc) is 3.45. The SMILES string of the molecule is CCN1CCN=C1c1ccc(N2C[C@H](CNC(=O)c3ccc(Cl)s3)OC2=O)cc1Cl. The molecule has 3 heterocycles. The number of ether oxygens (including phenoxy) is 1. The van der Waals surface area contributed by atoms with Crippen molar-refractivity contribution in [1.29, 1.82) is 0 Å². The van der Waals surface area contributed by atoms with Crippen molar-refractivity contribution < 1.29 is 14.3 Å². The molecule has 30 heavy (non-hydrogen) atoms. The maximum Gasteiger partial charge on any atom is 0.414 e. The highest BCUT2D eigenvalue weighted by Gasteiger charge is 2.33. The van der Waals surface area contributed by atoms with Gasteiger partial charge in [0.1, 0.15) is 11.9 Å². The highest BCUT2D eigenvalue weighted by Crippen LogP contribution is 2.29. The number of cyclic esters (lactones) is 1. The quantitative estimate of drug-likeness (QED) is 0.700. The second kappa shape index (κ2) is 8.83. The van der Waals surface area contributed by atoms with E-state index >= 15 is 0 Å². The number of nitrogens with one attached hydrogen (secondary N) is 1. The topological polar surface area (TPSA) is 74.2 Å². The third-order valence-electron chi connectivity index (χ3n) is 4.98. The summed E-state index contributed by atoms with van der Waals surface area (Å²) in [6, 6.07) is 8.80. The van der Waals surface area contributed by atoms with Gasteiger partial charge in [-0.3, -0.25) is 14.7 Å². The molecule has 4 rings (SSSR count). The minimum absolute atomic E-state index is 0.213. The normalized spacial score (nSPS) is 18.6. The molecule has 2 amide bonds. The third-order valence-corrected chi connectivity index (χ3v) is 6.52. The van der Waals surface area contributed by atoms with E-state index in [1.165, 1.54) is 16.2 Å². The number of aliphatic imine (C=N–C) groups is 1. The number of hydrogen-bond donors (Lipinski definition) is 1. The fourth-order valence-electron chi connectivity index (χ4n) is 3.47. The van der Waals surface area contributed by atoms with Gasteiger partial charge in [0.2, 0.25) is 0 Å². The first-order chi connectivity index (χ1) is 14.5. The van der Waals surface area contributed by atoms with Gasteiger partial charge >= 0.3 is 6.09 Å². The molecule has 10 heteroatoms. The Labute approximate surface area is 188 Å². The second-order valence-electron chi connectivity index (χ2n) is 6.88. The van der Waals surface area contributed by atoms with Crippen LogP contribution in [0.5, 0.6) is 0 Å². The molecule has 158 valence electrons. The van der Waals surface area contributed by atoms with Crippen LogP contribution in [0.4, 0.5) is 10.5 Å². The predicted molar refractivity (Wildman–Crippen MR) is 119 cm³/mol. The van der Waals surface area contributed by atoms with Crippen molar-refractivity contribution in [2.45, 2.75) is 13.0 Å². The summed E-state index contributed by atoms with van der Waals surface area (Å²) in [6.45, 7) is 5.11. The monoisotopic (exact) mass is 466 g/mol. The summed E-state index contributed by atoms with van der Waals surface area (Å²) >= 11 is 13.6. The van der Waals surface area contributed by atoms with E-state index in [9.17, 15) is 9.59 Å². The van der Waals surface area contributed by atoms with Crippen LogP contribution < -0.4 is 10.2 Å². The summed E-state index contributed by atoms with van der Waals surface area (Å²) < 4.78 is 5.94. The molecule has 0 aliphatic carbocycles. The fourth-order valence-corrected chi connectivity index (χ4v) is 4.69. The Bertz CT molecular complexity index is 1010. The van der Waals surface area contributed by atoms with Crippen molar-refractivity contribution in [2.24, 2.45) is 4.99 Å². The number of amidine groups is 1. The van der Waals surface area contributed by atoms with Crippen LogP contribution in [0, 0.1) is 0 Å². The molecule has 1 N–H and O–H groups in total. The summed E-state index contributed by atoms with van der Waals surface area (Å²) in [5.41, 5.74) is 1.50. The Kier molecular flexibility index (Phi) is 6.17. The van der Waals surface area contributed by atoms with Gasteiger partial charge in [0.25, 0.3) is 5.91 Å². The van der Waals surface area contributed by atoms with Crippen LogP contribution in [0.1, 0.15) is 22.2 Å². The number of carbonyl (C=O) groups excluding carboxylic acids is 2. The molecule has 1 aromatic heterocycles. The largest absolute Gasteiger partial charge is 0.442 e. The highest BCUT2D eigenvalue weighted by molar-refractivity contribution is 7.18. The summed E-state index contributed by atoms with van der Waals surface area (Å²) in [5.74, 6) is 0.638. The van der Waals surface area contributed by atoms with E-state index in [0.717, 1.165) is 31.0 Å². The number of benzene rings is 1. The first-order valence-corrected chi connectivity index (χ1v) is 11.1. The molecule has 1 aromatic carbocycles. The van der Waals surface area contributed by atoms with E-state index in [2.05, 4.69) is 22.1 Å². The van der Waals surface area contributed by atoms with Crippen molar-refractivity contribution in [3.05, 3.63) is 50.1 Å². The Morgan fingerprint density at radius 1 is 1.33 bits per heavy atom. The zero-order valence-corrected chi connectivity index (χ0v) is 18.6. The molecule has 1 saturated heterocycles. The minimum atomic E-state index is -0.467. The van der Waals surface area contributed by atoms with E-state index in [0.29, 0.717) is 26.5 Å². The number of carbonyl (C=O) groups is 2. The zero-order chi connectivity index (χ0) is 21.3. The standard InChI is InChI=1S/C20H20Cl2N4O3S/c1-2-25-8-7-23-18(25)14-4-3-12(9-15(14)21)26-11-13(29-20(26)28)10-24-19(27)16-5-6-17(22)30-16/h3-6,9,13H,2,7-8,10-11H2,1H3,(H,24,27)/t13-/m0/s1. The lowest BCUT2D eigenvalue weighted by Crippen LogP contribution is -2.34. The van der Waals surface area contributed by atoms with Gasteiger partial charge in [0.05, 0.1) is 33.9 Å². The van der Waals surface area contributed by atoms with Crippen molar-refractivity contribution in [2.75, 3.05) is 37.6 Å². The zero-order valence-electron chi connectivity index (χ0n) is 16.2. The number of anilines is 1. The van der Waals surface area contributed by atoms with Gasteiger partial charge < -0.3 is 15.0 Å².